The predicted molar refractivity (Wildman–Crippen MR) is 75.0 cm³/mol. The van der Waals surface area contributed by atoms with Crippen LogP contribution in [-0.2, 0) is 6.42 Å². The van der Waals surface area contributed by atoms with E-state index in [-0.39, 0.29) is 5.02 Å². The quantitative estimate of drug-likeness (QED) is 0.930. The topological polar surface area (TPSA) is 35.2 Å². The highest BCUT2D eigenvalue weighted by molar-refractivity contribution is 6.30. The number of methoxy groups -OCH3 is 1. The van der Waals surface area contributed by atoms with Crippen molar-refractivity contribution in [3.8, 4) is 5.75 Å². The molecule has 1 atom stereocenters. The molecule has 0 saturated heterocycles. The first-order chi connectivity index (χ1) is 9.51. The van der Waals surface area contributed by atoms with Gasteiger partial charge in [-0.1, -0.05) is 23.7 Å². The lowest BCUT2D eigenvalue weighted by atomic mass is 9.99. The lowest BCUT2D eigenvalue weighted by Crippen LogP contribution is -2.15. The van der Waals surface area contributed by atoms with Crippen LogP contribution in [0.15, 0.2) is 36.4 Å². The zero-order valence-electron chi connectivity index (χ0n) is 10.9. The van der Waals surface area contributed by atoms with Gasteiger partial charge in [-0.25, -0.2) is 8.78 Å². The summed E-state index contributed by atoms with van der Waals surface area (Å²) in [6.45, 7) is 0. The minimum Gasteiger partial charge on any atom is -0.497 e. The molecule has 0 bridgehead atoms. The summed E-state index contributed by atoms with van der Waals surface area (Å²) >= 11 is 5.71. The van der Waals surface area contributed by atoms with Gasteiger partial charge in [0.05, 0.1) is 12.1 Å². The van der Waals surface area contributed by atoms with Gasteiger partial charge in [-0.15, -0.1) is 0 Å². The maximum Gasteiger partial charge on any atom is 0.141 e. The molecule has 2 aromatic rings. The normalized spacial score (nSPS) is 12.2. The number of nitrogens with two attached hydrogens (primary N) is 1. The van der Waals surface area contributed by atoms with Gasteiger partial charge in [-0.05, 0) is 30.2 Å². The Balaban J connectivity index is 2.19. The molecule has 5 heteroatoms. The summed E-state index contributed by atoms with van der Waals surface area (Å²) in [6, 6.07) is 8.34. The van der Waals surface area contributed by atoms with Gasteiger partial charge in [0.15, 0.2) is 0 Å². The molecule has 0 aliphatic heterocycles. The van der Waals surface area contributed by atoms with Crippen LogP contribution < -0.4 is 10.5 Å². The van der Waals surface area contributed by atoms with Crippen LogP contribution in [0.2, 0.25) is 5.02 Å². The van der Waals surface area contributed by atoms with E-state index in [0.717, 1.165) is 5.56 Å². The monoisotopic (exact) mass is 297 g/mol. The maximum atomic E-state index is 13.9. The fourth-order valence-corrected chi connectivity index (χ4v) is 2.17. The van der Waals surface area contributed by atoms with Crippen LogP contribution in [0.3, 0.4) is 0 Å². The van der Waals surface area contributed by atoms with E-state index < -0.39 is 17.7 Å². The molecular weight excluding hydrogens is 284 g/mol. The van der Waals surface area contributed by atoms with Gasteiger partial charge in [0.1, 0.15) is 17.4 Å². The maximum absolute atomic E-state index is 13.9. The highest BCUT2D eigenvalue weighted by atomic mass is 35.5. The van der Waals surface area contributed by atoms with Crippen molar-refractivity contribution < 1.29 is 13.5 Å². The third-order valence-electron chi connectivity index (χ3n) is 3.05. The third kappa shape index (κ3) is 3.26. The van der Waals surface area contributed by atoms with Gasteiger partial charge in [-0.2, -0.15) is 0 Å². The van der Waals surface area contributed by atoms with Crippen molar-refractivity contribution in [2.45, 2.75) is 12.5 Å². The number of ether oxygens (including phenoxy) is 1. The molecule has 0 saturated carbocycles. The molecule has 2 rings (SSSR count). The van der Waals surface area contributed by atoms with Crippen LogP contribution in [0.1, 0.15) is 17.2 Å². The first-order valence-electron chi connectivity index (χ1n) is 6.04. The smallest absolute Gasteiger partial charge is 0.141 e. The van der Waals surface area contributed by atoms with E-state index in [1.807, 2.05) is 0 Å². The minimum atomic E-state index is -0.539. The largest absolute Gasteiger partial charge is 0.497 e. The molecule has 0 amide bonds. The van der Waals surface area contributed by atoms with Crippen molar-refractivity contribution in [1.82, 2.24) is 0 Å². The van der Waals surface area contributed by atoms with Crippen LogP contribution in [0.5, 0.6) is 5.75 Å². The lowest BCUT2D eigenvalue weighted by molar-refractivity contribution is 0.410. The summed E-state index contributed by atoms with van der Waals surface area (Å²) in [7, 11) is 1.47. The van der Waals surface area contributed by atoms with Gasteiger partial charge in [0.2, 0.25) is 0 Å². The lowest BCUT2D eigenvalue weighted by Gasteiger charge is -2.14. The molecule has 0 radical (unpaired) electrons. The Labute approximate surface area is 121 Å². The van der Waals surface area contributed by atoms with Crippen molar-refractivity contribution in [2.75, 3.05) is 7.11 Å². The molecule has 0 fully saturated rings. The molecular formula is C15H14ClF2NO. The van der Waals surface area contributed by atoms with Crippen LogP contribution in [0.4, 0.5) is 8.78 Å². The summed E-state index contributed by atoms with van der Waals surface area (Å²) in [5.74, 6) is -0.479. The van der Waals surface area contributed by atoms with Crippen LogP contribution in [-0.4, -0.2) is 7.11 Å². The van der Waals surface area contributed by atoms with Gasteiger partial charge in [0.25, 0.3) is 0 Å². The fourth-order valence-electron chi connectivity index (χ4n) is 1.97. The molecule has 0 aromatic heterocycles. The molecule has 106 valence electrons. The Morgan fingerprint density at radius 3 is 2.50 bits per heavy atom. The average Bonchev–Trinajstić information content (AvgIpc) is 2.42. The molecule has 1 unspecified atom stereocenters. The highest BCUT2D eigenvalue weighted by Crippen LogP contribution is 2.24. The number of halogens is 3. The SMILES string of the molecule is COc1ccc(C(N)Cc2ccc(F)c(Cl)c2)c(F)c1. The van der Waals surface area contributed by atoms with Crippen molar-refractivity contribution >= 4 is 11.6 Å². The number of rotatable bonds is 4. The number of hydrogen-bond donors (Lipinski definition) is 1. The van der Waals surface area contributed by atoms with E-state index >= 15 is 0 Å². The summed E-state index contributed by atoms with van der Waals surface area (Å²) < 4.78 is 31.9. The zero-order chi connectivity index (χ0) is 14.7. The average molecular weight is 298 g/mol. The molecule has 2 aromatic carbocycles. The van der Waals surface area contributed by atoms with E-state index in [0.29, 0.717) is 17.7 Å². The van der Waals surface area contributed by atoms with Crippen molar-refractivity contribution in [2.24, 2.45) is 5.73 Å². The Morgan fingerprint density at radius 1 is 1.15 bits per heavy atom. The Morgan fingerprint density at radius 2 is 1.90 bits per heavy atom. The van der Waals surface area contributed by atoms with Gasteiger partial charge in [-0.3, -0.25) is 0 Å². The summed E-state index contributed by atoms with van der Waals surface area (Å²) in [6.07, 6.45) is 0.364. The summed E-state index contributed by atoms with van der Waals surface area (Å²) in [5, 5.41) is 0.0323. The molecule has 20 heavy (non-hydrogen) atoms. The van der Waals surface area contributed by atoms with E-state index in [2.05, 4.69) is 0 Å². The standard InChI is InChI=1S/C15H14ClF2NO/c1-20-10-3-4-11(14(18)8-10)15(19)7-9-2-5-13(17)12(16)6-9/h2-6,8,15H,7,19H2,1H3. The molecule has 2 N–H and O–H groups in total. The second-order valence-electron chi connectivity index (χ2n) is 4.45. The Bertz CT molecular complexity index is 619. The first-order valence-corrected chi connectivity index (χ1v) is 6.42. The molecule has 0 aliphatic carbocycles. The van der Waals surface area contributed by atoms with Crippen LogP contribution in [0.25, 0.3) is 0 Å². The third-order valence-corrected chi connectivity index (χ3v) is 3.34. The van der Waals surface area contributed by atoms with Gasteiger partial charge in [0, 0.05) is 17.7 Å². The zero-order valence-corrected chi connectivity index (χ0v) is 11.6. The van der Waals surface area contributed by atoms with Gasteiger partial charge < -0.3 is 10.5 Å². The van der Waals surface area contributed by atoms with E-state index in [1.165, 1.54) is 25.3 Å². The van der Waals surface area contributed by atoms with Crippen LogP contribution >= 0.6 is 11.6 Å². The summed E-state index contributed by atoms with van der Waals surface area (Å²) in [4.78, 5) is 0. The molecule has 0 heterocycles. The number of benzene rings is 2. The second-order valence-corrected chi connectivity index (χ2v) is 4.85. The van der Waals surface area contributed by atoms with E-state index in [1.54, 1.807) is 18.2 Å². The van der Waals surface area contributed by atoms with Crippen molar-refractivity contribution in [3.05, 3.63) is 64.2 Å². The minimum absolute atomic E-state index is 0.0323. The Kier molecular flexibility index (Phi) is 4.57. The Hall–Kier alpha value is -1.65. The van der Waals surface area contributed by atoms with Crippen LogP contribution in [0, 0.1) is 11.6 Å². The molecule has 0 spiro atoms. The van der Waals surface area contributed by atoms with E-state index in [9.17, 15) is 8.78 Å². The van der Waals surface area contributed by atoms with Crippen molar-refractivity contribution in [3.63, 3.8) is 0 Å². The second kappa shape index (κ2) is 6.20. The predicted octanol–water partition coefficient (Wildman–Crippen LogP) is 3.87. The highest BCUT2D eigenvalue weighted by Gasteiger charge is 2.13. The first kappa shape index (κ1) is 14.8. The molecule has 2 nitrogen and oxygen atoms in total. The van der Waals surface area contributed by atoms with Crippen molar-refractivity contribution in [1.29, 1.82) is 0 Å². The fraction of sp³-hybridized carbons (Fsp3) is 0.200. The van der Waals surface area contributed by atoms with E-state index in [4.69, 9.17) is 22.1 Å². The number of hydrogen-bond acceptors (Lipinski definition) is 2. The molecule has 0 aliphatic rings. The van der Waals surface area contributed by atoms with Gasteiger partial charge >= 0.3 is 0 Å². The summed E-state index contributed by atoms with van der Waals surface area (Å²) in [5.41, 5.74) is 7.12.